The highest BCUT2D eigenvalue weighted by molar-refractivity contribution is 5.93. The summed E-state index contributed by atoms with van der Waals surface area (Å²) in [6.45, 7) is 2.40. The van der Waals surface area contributed by atoms with Crippen LogP contribution in [0, 0.1) is 0 Å². The molecule has 29 heavy (non-hydrogen) atoms. The Bertz CT molecular complexity index is 883. The van der Waals surface area contributed by atoms with Gasteiger partial charge in [-0.25, -0.2) is 9.78 Å². The number of benzene rings is 1. The van der Waals surface area contributed by atoms with Crippen molar-refractivity contribution in [3.63, 3.8) is 0 Å². The summed E-state index contributed by atoms with van der Waals surface area (Å²) in [5.41, 5.74) is 2.29. The number of carbonyl (C=O) groups excluding carboxylic acids is 2. The molecule has 2 saturated heterocycles. The zero-order valence-corrected chi connectivity index (χ0v) is 16.2. The molecular formula is C21H23N3O5. The number of amides is 1. The van der Waals surface area contributed by atoms with Crippen LogP contribution in [0.3, 0.4) is 0 Å². The summed E-state index contributed by atoms with van der Waals surface area (Å²) >= 11 is 0. The van der Waals surface area contributed by atoms with Gasteiger partial charge in [0.05, 0.1) is 37.8 Å². The van der Waals surface area contributed by atoms with Gasteiger partial charge in [-0.05, 0) is 30.3 Å². The van der Waals surface area contributed by atoms with Gasteiger partial charge in [0.1, 0.15) is 5.69 Å². The number of anilines is 2. The SMILES string of the molecule is COC(=O)c1cccc(Nc2ccc(C(=O)N3CCC4(CC3)OCCO4)nc2)c1. The van der Waals surface area contributed by atoms with Crippen LogP contribution in [0.15, 0.2) is 42.6 Å². The fourth-order valence-electron chi connectivity index (χ4n) is 3.60. The lowest BCUT2D eigenvalue weighted by Gasteiger charge is -2.37. The monoisotopic (exact) mass is 397 g/mol. The number of hydrogen-bond acceptors (Lipinski definition) is 7. The van der Waals surface area contributed by atoms with Crippen molar-refractivity contribution in [2.24, 2.45) is 0 Å². The van der Waals surface area contributed by atoms with Crippen LogP contribution in [0.1, 0.15) is 33.7 Å². The summed E-state index contributed by atoms with van der Waals surface area (Å²) in [5.74, 6) is -1.00. The quantitative estimate of drug-likeness (QED) is 0.793. The first-order valence-electron chi connectivity index (χ1n) is 9.57. The molecule has 0 saturated carbocycles. The van der Waals surface area contributed by atoms with Crippen molar-refractivity contribution in [1.82, 2.24) is 9.88 Å². The summed E-state index contributed by atoms with van der Waals surface area (Å²) in [7, 11) is 1.35. The number of ether oxygens (including phenoxy) is 3. The Morgan fingerprint density at radius 3 is 2.52 bits per heavy atom. The number of likely N-dealkylation sites (tertiary alicyclic amines) is 1. The highest BCUT2D eigenvalue weighted by Gasteiger charge is 2.41. The van der Waals surface area contributed by atoms with Crippen molar-refractivity contribution < 1.29 is 23.8 Å². The highest BCUT2D eigenvalue weighted by atomic mass is 16.7. The van der Waals surface area contributed by atoms with Crippen molar-refractivity contribution >= 4 is 23.3 Å². The van der Waals surface area contributed by atoms with Crippen LogP contribution in [-0.2, 0) is 14.2 Å². The Balaban J connectivity index is 1.38. The molecule has 0 aliphatic carbocycles. The molecule has 1 aromatic heterocycles. The first-order valence-corrected chi connectivity index (χ1v) is 9.57. The molecule has 1 spiro atoms. The molecule has 8 nitrogen and oxygen atoms in total. The fourth-order valence-corrected chi connectivity index (χ4v) is 3.60. The fraction of sp³-hybridized carbons (Fsp3) is 0.381. The third-order valence-corrected chi connectivity index (χ3v) is 5.18. The van der Waals surface area contributed by atoms with Gasteiger partial charge < -0.3 is 24.4 Å². The number of aromatic nitrogens is 1. The van der Waals surface area contributed by atoms with Gasteiger partial charge in [0, 0.05) is 31.6 Å². The molecule has 2 aliphatic heterocycles. The molecule has 8 heteroatoms. The zero-order chi connectivity index (χ0) is 20.3. The van der Waals surface area contributed by atoms with E-state index in [0.29, 0.717) is 56.1 Å². The largest absolute Gasteiger partial charge is 0.465 e. The Morgan fingerprint density at radius 2 is 1.86 bits per heavy atom. The second-order valence-electron chi connectivity index (χ2n) is 7.03. The first kappa shape index (κ1) is 19.4. The van der Waals surface area contributed by atoms with E-state index in [1.165, 1.54) is 7.11 Å². The summed E-state index contributed by atoms with van der Waals surface area (Å²) in [6.07, 6.45) is 2.95. The topological polar surface area (TPSA) is 90.0 Å². The van der Waals surface area contributed by atoms with Gasteiger partial charge in [-0.1, -0.05) is 6.07 Å². The number of piperidine rings is 1. The Hall–Kier alpha value is -2.97. The molecule has 0 bridgehead atoms. The molecule has 1 amide bonds. The summed E-state index contributed by atoms with van der Waals surface area (Å²) < 4.78 is 16.1. The zero-order valence-electron chi connectivity index (χ0n) is 16.2. The van der Waals surface area contributed by atoms with Gasteiger partial charge >= 0.3 is 5.97 Å². The van der Waals surface area contributed by atoms with Crippen LogP contribution in [0.2, 0.25) is 0 Å². The lowest BCUT2D eigenvalue weighted by atomic mass is 10.0. The molecule has 3 heterocycles. The Morgan fingerprint density at radius 1 is 1.10 bits per heavy atom. The highest BCUT2D eigenvalue weighted by Crippen LogP contribution is 2.31. The maximum atomic E-state index is 12.7. The lowest BCUT2D eigenvalue weighted by Crippen LogP contribution is -2.47. The predicted octanol–water partition coefficient (Wildman–Crippen LogP) is 2.59. The van der Waals surface area contributed by atoms with Crippen LogP contribution in [0.25, 0.3) is 0 Å². The molecule has 4 rings (SSSR count). The van der Waals surface area contributed by atoms with E-state index in [4.69, 9.17) is 14.2 Å². The lowest BCUT2D eigenvalue weighted by molar-refractivity contribution is -0.181. The van der Waals surface area contributed by atoms with E-state index < -0.39 is 11.8 Å². The molecule has 0 radical (unpaired) electrons. The second-order valence-corrected chi connectivity index (χ2v) is 7.03. The van der Waals surface area contributed by atoms with E-state index >= 15 is 0 Å². The molecule has 0 unspecified atom stereocenters. The number of carbonyl (C=O) groups is 2. The van der Waals surface area contributed by atoms with Crippen LogP contribution in [-0.4, -0.2) is 61.0 Å². The minimum Gasteiger partial charge on any atom is -0.465 e. The molecular weight excluding hydrogens is 374 g/mol. The second kappa shape index (κ2) is 8.18. The van der Waals surface area contributed by atoms with Gasteiger partial charge in [0.15, 0.2) is 5.79 Å². The van der Waals surface area contributed by atoms with Crippen LogP contribution in [0.5, 0.6) is 0 Å². The molecule has 152 valence electrons. The Kier molecular flexibility index (Phi) is 5.46. The van der Waals surface area contributed by atoms with E-state index in [9.17, 15) is 9.59 Å². The minimum atomic E-state index is -0.503. The molecule has 2 fully saturated rings. The minimum absolute atomic E-state index is 0.0999. The number of esters is 1. The van der Waals surface area contributed by atoms with Crippen molar-refractivity contribution in [3.8, 4) is 0 Å². The average molecular weight is 397 g/mol. The van der Waals surface area contributed by atoms with Crippen molar-refractivity contribution in [2.75, 3.05) is 38.7 Å². The molecule has 2 aliphatic rings. The number of nitrogens with zero attached hydrogens (tertiary/aromatic N) is 2. The van der Waals surface area contributed by atoms with Gasteiger partial charge in [-0.2, -0.15) is 0 Å². The van der Waals surface area contributed by atoms with E-state index in [-0.39, 0.29) is 5.91 Å². The Labute approximate surface area is 168 Å². The molecule has 1 aromatic carbocycles. The summed E-state index contributed by atoms with van der Waals surface area (Å²) in [4.78, 5) is 30.5. The molecule has 2 aromatic rings. The predicted molar refractivity (Wildman–Crippen MR) is 105 cm³/mol. The average Bonchev–Trinajstić information content (AvgIpc) is 3.22. The van der Waals surface area contributed by atoms with Crippen LogP contribution in [0.4, 0.5) is 11.4 Å². The van der Waals surface area contributed by atoms with Gasteiger partial charge in [0.2, 0.25) is 0 Å². The number of rotatable bonds is 4. The van der Waals surface area contributed by atoms with Crippen molar-refractivity contribution in [3.05, 3.63) is 53.9 Å². The summed E-state index contributed by atoms with van der Waals surface area (Å²) in [5, 5.41) is 3.17. The van der Waals surface area contributed by atoms with E-state index in [1.54, 1.807) is 41.4 Å². The standard InChI is InChI=1S/C21H23N3O5/c1-27-20(26)15-3-2-4-16(13-15)23-17-5-6-18(22-14-17)19(25)24-9-7-21(8-10-24)28-11-12-29-21/h2-6,13-14,23H,7-12H2,1H3. The molecule has 1 N–H and O–H groups in total. The van der Waals surface area contributed by atoms with E-state index in [0.717, 1.165) is 5.69 Å². The third kappa shape index (κ3) is 4.23. The number of methoxy groups -OCH3 is 1. The first-order chi connectivity index (χ1) is 14.1. The number of pyridine rings is 1. The maximum absolute atomic E-state index is 12.7. The van der Waals surface area contributed by atoms with Crippen molar-refractivity contribution in [1.29, 1.82) is 0 Å². The third-order valence-electron chi connectivity index (χ3n) is 5.18. The van der Waals surface area contributed by atoms with Gasteiger partial charge in [-0.3, -0.25) is 4.79 Å². The van der Waals surface area contributed by atoms with E-state index in [2.05, 4.69) is 10.3 Å². The van der Waals surface area contributed by atoms with Gasteiger partial charge in [0.25, 0.3) is 5.91 Å². The molecule has 0 atom stereocenters. The van der Waals surface area contributed by atoms with Gasteiger partial charge in [-0.15, -0.1) is 0 Å². The number of hydrogen-bond donors (Lipinski definition) is 1. The summed E-state index contributed by atoms with van der Waals surface area (Å²) in [6, 6.07) is 10.5. The normalized spacial score (nSPS) is 17.9. The van der Waals surface area contributed by atoms with Crippen LogP contribution < -0.4 is 5.32 Å². The maximum Gasteiger partial charge on any atom is 0.337 e. The number of nitrogens with one attached hydrogen (secondary N) is 1. The smallest absolute Gasteiger partial charge is 0.337 e. The van der Waals surface area contributed by atoms with Crippen LogP contribution >= 0.6 is 0 Å². The van der Waals surface area contributed by atoms with E-state index in [1.807, 2.05) is 6.07 Å². The van der Waals surface area contributed by atoms with Crippen molar-refractivity contribution in [2.45, 2.75) is 18.6 Å².